The lowest BCUT2D eigenvalue weighted by atomic mass is 9.95. The fraction of sp³-hybridized carbons (Fsp3) is 0.200. The number of carbonyl (C=O) groups is 2. The first-order valence-electron chi connectivity index (χ1n) is 8.54. The van der Waals surface area contributed by atoms with Crippen molar-refractivity contribution in [3.8, 4) is 5.75 Å². The zero-order valence-electron chi connectivity index (χ0n) is 15.0. The Morgan fingerprint density at radius 1 is 1.07 bits per heavy atom. The molecule has 3 rings (SSSR count). The van der Waals surface area contributed by atoms with E-state index >= 15 is 0 Å². The number of carbonyl (C=O) groups excluding carboxylic acids is 2. The summed E-state index contributed by atoms with van der Waals surface area (Å²) in [5.74, 6) is 0.131. The number of benzene rings is 2. The monoisotopic (exact) mass is 420 g/mol. The molecule has 1 aliphatic heterocycles. The van der Waals surface area contributed by atoms with Crippen LogP contribution in [0.3, 0.4) is 0 Å². The highest BCUT2D eigenvalue weighted by Gasteiger charge is 2.32. The van der Waals surface area contributed by atoms with Crippen LogP contribution in [0.2, 0.25) is 10.0 Å². The molecule has 0 spiro atoms. The zero-order chi connectivity index (χ0) is 20.1. The smallest absolute Gasteiger partial charge is 0.338 e. The topological polar surface area (TPSA) is 76.7 Å². The lowest BCUT2D eigenvalue weighted by molar-refractivity contribution is -0.140. The molecule has 146 valence electrons. The first kappa shape index (κ1) is 20.0. The highest BCUT2D eigenvalue weighted by atomic mass is 35.5. The van der Waals surface area contributed by atoms with Gasteiger partial charge in [-0.3, -0.25) is 0 Å². The lowest BCUT2D eigenvalue weighted by Gasteiger charge is -2.28. The maximum Gasteiger partial charge on any atom is 0.338 e. The number of halogens is 2. The highest BCUT2D eigenvalue weighted by molar-refractivity contribution is 6.42. The molecule has 28 heavy (non-hydrogen) atoms. The molecular weight excluding hydrogens is 403 g/mol. The summed E-state index contributed by atoms with van der Waals surface area (Å²) in [4.78, 5) is 24.6. The number of esters is 1. The van der Waals surface area contributed by atoms with Gasteiger partial charge in [-0.05, 0) is 36.8 Å². The summed E-state index contributed by atoms with van der Waals surface area (Å²) in [7, 11) is 0. The van der Waals surface area contributed by atoms with Gasteiger partial charge in [-0.25, -0.2) is 9.59 Å². The van der Waals surface area contributed by atoms with Gasteiger partial charge in [0.05, 0.1) is 21.7 Å². The number of amides is 2. The number of ether oxygens (including phenoxy) is 2. The maximum absolute atomic E-state index is 12.7. The molecule has 1 unspecified atom stereocenters. The van der Waals surface area contributed by atoms with Gasteiger partial charge >= 0.3 is 12.0 Å². The second kappa shape index (κ2) is 8.99. The van der Waals surface area contributed by atoms with Crippen LogP contribution in [0.25, 0.3) is 0 Å². The van der Waals surface area contributed by atoms with Crippen molar-refractivity contribution < 1.29 is 19.1 Å². The van der Waals surface area contributed by atoms with E-state index in [9.17, 15) is 9.59 Å². The van der Waals surface area contributed by atoms with E-state index in [-0.39, 0.29) is 18.8 Å². The van der Waals surface area contributed by atoms with E-state index in [0.717, 1.165) is 0 Å². The molecule has 2 amide bonds. The summed E-state index contributed by atoms with van der Waals surface area (Å²) in [5.41, 5.74) is 1.32. The molecule has 2 aromatic carbocycles. The van der Waals surface area contributed by atoms with Crippen molar-refractivity contribution in [2.45, 2.75) is 13.0 Å². The highest BCUT2D eigenvalue weighted by Crippen LogP contribution is 2.31. The fourth-order valence-electron chi connectivity index (χ4n) is 2.79. The number of hydrogen-bond acceptors (Lipinski definition) is 4. The molecule has 0 aliphatic carbocycles. The second-order valence-corrected chi connectivity index (χ2v) is 6.86. The summed E-state index contributed by atoms with van der Waals surface area (Å²) in [5, 5.41) is 6.02. The summed E-state index contributed by atoms with van der Waals surface area (Å²) in [6.07, 6.45) is 0. The molecule has 1 atom stereocenters. The van der Waals surface area contributed by atoms with Gasteiger partial charge in [0.1, 0.15) is 19.0 Å². The van der Waals surface area contributed by atoms with Gasteiger partial charge in [-0.1, -0.05) is 47.5 Å². The van der Waals surface area contributed by atoms with Crippen molar-refractivity contribution in [2.75, 3.05) is 13.2 Å². The Kier molecular flexibility index (Phi) is 6.44. The third-order valence-corrected chi connectivity index (χ3v) is 4.83. The molecule has 2 aromatic rings. The fourth-order valence-corrected chi connectivity index (χ4v) is 3.10. The maximum atomic E-state index is 12.7. The van der Waals surface area contributed by atoms with E-state index in [1.807, 2.05) is 30.3 Å². The molecule has 0 radical (unpaired) electrons. The van der Waals surface area contributed by atoms with E-state index in [1.54, 1.807) is 25.1 Å². The Balaban J connectivity index is 1.70. The van der Waals surface area contributed by atoms with Crippen molar-refractivity contribution >= 4 is 35.2 Å². The Labute approximate surface area is 172 Å². The number of allylic oxidation sites excluding steroid dienone is 1. The number of rotatable bonds is 6. The number of para-hydroxylation sites is 1. The lowest BCUT2D eigenvalue weighted by Crippen LogP contribution is -2.45. The summed E-state index contributed by atoms with van der Waals surface area (Å²) in [6.45, 7) is 1.91. The zero-order valence-corrected chi connectivity index (χ0v) is 16.5. The Hall–Kier alpha value is -2.70. The molecule has 0 fully saturated rings. The van der Waals surface area contributed by atoms with E-state index in [1.165, 1.54) is 0 Å². The van der Waals surface area contributed by atoms with E-state index in [0.29, 0.717) is 27.1 Å². The molecule has 0 saturated carbocycles. The molecule has 0 saturated heterocycles. The molecule has 1 aliphatic rings. The van der Waals surface area contributed by atoms with Gasteiger partial charge < -0.3 is 20.1 Å². The molecular formula is C20H18Cl2N2O4. The molecule has 2 N–H and O–H groups in total. The Bertz CT molecular complexity index is 916. The van der Waals surface area contributed by atoms with E-state index in [2.05, 4.69) is 10.6 Å². The van der Waals surface area contributed by atoms with Gasteiger partial charge in [-0.2, -0.15) is 0 Å². The predicted octanol–water partition coefficient (Wildman–Crippen LogP) is 4.24. The third-order valence-electron chi connectivity index (χ3n) is 4.09. The van der Waals surface area contributed by atoms with Gasteiger partial charge in [0.15, 0.2) is 0 Å². The normalized spacial score (nSPS) is 16.2. The second-order valence-electron chi connectivity index (χ2n) is 6.04. The van der Waals surface area contributed by atoms with Gasteiger partial charge in [0.2, 0.25) is 0 Å². The summed E-state index contributed by atoms with van der Waals surface area (Å²) >= 11 is 12.0. The van der Waals surface area contributed by atoms with E-state index in [4.69, 9.17) is 32.7 Å². The minimum Gasteiger partial charge on any atom is -0.490 e. The van der Waals surface area contributed by atoms with Crippen LogP contribution in [0.15, 0.2) is 59.8 Å². The van der Waals surface area contributed by atoms with Crippen LogP contribution in [0.4, 0.5) is 4.79 Å². The molecule has 6 nitrogen and oxygen atoms in total. The van der Waals surface area contributed by atoms with Crippen molar-refractivity contribution in [3.05, 3.63) is 75.4 Å². The van der Waals surface area contributed by atoms with Crippen LogP contribution in [0, 0.1) is 0 Å². The van der Waals surface area contributed by atoms with Crippen LogP contribution in [-0.4, -0.2) is 25.2 Å². The van der Waals surface area contributed by atoms with Crippen LogP contribution in [0.1, 0.15) is 18.5 Å². The quantitative estimate of drug-likeness (QED) is 0.540. The Morgan fingerprint density at radius 3 is 2.54 bits per heavy atom. The largest absolute Gasteiger partial charge is 0.490 e. The number of urea groups is 1. The van der Waals surface area contributed by atoms with Crippen LogP contribution >= 0.6 is 23.2 Å². The first-order valence-corrected chi connectivity index (χ1v) is 9.29. The standard InChI is InChI=1S/C20H18Cl2N2O4/c1-12-17(19(25)28-10-9-27-14-5-3-2-4-6-14)18(24-20(26)23-12)13-7-8-15(21)16(22)11-13/h2-8,11,18H,9-10H2,1H3,(H2,23,24,26). The van der Waals surface area contributed by atoms with Crippen molar-refractivity contribution in [1.29, 1.82) is 0 Å². The van der Waals surface area contributed by atoms with Crippen LogP contribution in [-0.2, 0) is 9.53 Å². The van der Waals surface area contributed by atoms with Gasteiger partial charge in [0.25, 0.3) is 0 Å². The minimum absolute atomic E-state index is 0.0621. The van der Waals surface area contributed by atoms with Gasteiger partial charge in [0, 0.05) is 5.70 Å². The Morgan fingerprint density at radius 2 is 1.82 bits per heavy atom. The van der Waals surface area contributed by atoms with Crippen molar-refractivity contribution in [3.63, 3.8) is 0 Å². The van der Waals surface area contributed by atoms with Crippen LogP contribution in [0.5, 0.6) is 5.75 Å². The third kappa shape index (κ3) is 4.77. The SMILES string of the molecule is CC1=C(C(=O)OCCOc2ccccc2)C(c2ccc(Cl)c(Cl)c2)NC(=O)N1. The average Bonchev–Trinajstić information content (AvgIpc) is 2.67. The number of nitrogens with one attached hydrogen (secondary N) is 2. The average molecular weight is 421 g/mol. The van der Waals surface area contributed by atoms with E-state index < -0.39 is 18.0 Å². The summed E-state index contributed by atoms with van der Waals surface area (Å²) < 4.78 is 10.9. The predicted molar refractivity (Wildman–Crippen MR) is 106 cm³/mol. The van der Waals surface area contributed by atoms with Crippen molar-refractivity contribution in [1.82, 2.24) is 10.6 Å². The summed E-state index contributed by atoms with van der Waals surface area (Å²) in [6, 6.07) is 13.0. The van der Waals surface area contributed by atoms with Crippen molar-refractivity contribution in [2.24, 2.45) is 0 Å². The molecule has 0 bridgehead atoms. The van der Waals surface area contributed by atoms with Crippen LogP contribution < -0.4 is 15.4 Å². The molecule has 8 heteroatoms. The number of hydrogen-bond donors (Lipinski definition) is 2. The molecule has 1 heterocycles. The first-order chi connectivity index (χ1) is 13.5. The van der Waals surface area contributed by atoms with Gasteiger partial charge in [-0.15, -0.1) is 0 Å². The minimum atomic E-state index is -0.703. The molecule has 0 aromatic heterocycles.